The van der Waals surface area contributed by atoms with Gasteiger partial charge in [0.2, 0.25) is 0 Å². The molecule has 0 amide bonds. The van der Waals surface area contributed by atoms with Crippen molar-refractivity contribution in [1.29, 1.82) is 0 Å². The highest BCUT2D eigenvalue weighted by Gasteiger charge is 2.07. The van der Waals surface area contributed by atoms with Gasteiger partial charge in [-0.3, -0.25) is 0 Å². The molecule has 0 fully saturated rings. The molecule has 0 spiro atoms. The van der Waals surface area contributed by atoms with E-state index in [2.05, 4.69) is 24.9 Å². The minimum Gasteiger partial charge on any atom is -0.326 e. The zero-order valence-corrected chi connectivity index (χ0v) is 10.7. The summed E-state index contributed by atoms with van der Waals surface area (Å²) in [6.07, 6.45) is 2.47. The van der Waals surface area contributed by atoms with Gasteiger partial charge in [-0.2, -0.15) is 0 Å². The van der Waals surface area contributed by atoms with Gasteiger partial charge in [0, 0.05) is 17.8 Å². The predicted molar refractivity (Wildman–Crippen MR) is 67.2 cm³/mol. The first-order valence-corrected chi connectivity index (χ1v) is 6.47. The van der Waals surface area contributed by atoms with Crippen LogP contribution in [0.2, 0.25) is 0 Å². The van der Waals surface area contributed by atoms with Crippen molar-refractivity contribution in [3.8, 4) is 0 Å². The van der Waals surface area contributed by atoms with Crippen molar-refractivity contribution in [2.75, 3.05) is 5.75 Å². The van der Waals surface area contributed by atoms with Crippen LogP contribution in [0, 0.1) is 13.8 Å². The summed E-state index contributed by atoms with van der Waals surface area (Å²) in [5.41, 5.74) is 9.32. The molecular weight excluding hydrogens is 204 g/mol. The van der Waals surface area contributed by atoms with Gasteiger partial charge < -0.3 is 5.73 Å². The molecule has 2 N–H and O–H groups in total. The van der Waals surface area contributed by atoms with Gasteiger partial charge in [-0.1, -0.05) is 13.3 Å². The van der Waals surface area contributed by atoms with Crippen LogP contribution in [0.1, 0.15) is 36.6 Å². The van der Waals surface area contributed by atoms with E-state index in [0.717, 1.165) is 16.5 Å². The molecule has 3 heteroatoms. The highest BCUT2D eigenvalue weighted by molar-refractivity contribution is 7.99. The molecule has 0 aliphatic rings. The third-order valence-corrected chi connectivity index (χ3v) is 3.48. The zero-order chi connectivity index (χ0) is 11.3. The first kappa shape index (κ1) is 12.5. The SMILES string of the molecule is CCCCSc1nc(C)cc(C)c1CN. The van der Waals surface area contributed by atoms with Crippen LogP contribution in [0.15, 0.2) is 11.1 Å². The lowest BCUT2D eigenvalue weighted by atomic mass is 10.1. The summed E-state index contributed by atoms with van der Waals surface area (Å²) in [4.78, 5) is 4.56. The third kappa shape index (κ3) is 3.50. The lowest BCUT2D eigenvalue weighted by Crippen LogP contribution is -2.04. The Kier molecular flexibility index (Phi) is 5.12. The Balaban J connectivity index is 2.84. The van der Waals surface area contributed by atoms with Gasteiger partial charge >= 0.3 is 0 Å². The van der Waals surface area contributed by atoms with Crippen molar-refractivity contribution in [3.05, 3.63) is 22.9 Å². The Morgan fingerprint density at radius 3 is 2.73 bits per heavy atom. The van der Waals surface area contributed by atoms with Crippen LogP contribution >= 0.6 is 11.8 Å². The normalized spacial score (nSPS) is 10.7. The number of aryl methyl sites for hydroxylation is 2. The lowest BCUT2D eigenvalue weighted by Gasteiger charge is -2.10. The quantitative estimate of drug-likeness (QED) is 0.617. The van der Waals surface area contributed by atoms with Crippen molar-refractivity contribution in [2.24, 2.45) is 5.73 Å². The third-order valence-electron chi connectivity index (χ3n) is 2.38. The van der Waals surface area contributed by atoms with E-state index in [4.69, 9.17) is 5.73 Å². The summed E-state index contributed by atoms with van der Waals surface area (Å²) >= 11 is 1.83. The smallest absolute Gasteiger partial charge is 0.101 e. The molecule has 15 heavy (non-hydrogen) atoms. The van der Waals surface area contributed by atoms with Gasteiger partial charge in [0.25, 0.3) is 0 Å². The molecule has 0 aliphatic heterocycles. The minimum absolute atomic E-state index is 0.591. The molecular formula is C12H20N2S. The van der Waals surface area contributed by atoms with Gasteiger partial charge in [-0.15, -0.1) is 11.8 Å². The summed E-state index contributed by atoms with van der Waals surface area (Å²) < 4.78 is 0. The molecule has 0 saturated heterocycles. The second-order valence-corrected chi connectivity index (χ2v) is 4.85. The van der Waals surface area contributed by atoms with Crippen LogP contribution in [0.3, 0.4) is 0 Å². The topological polar surface area (TPSA) is 38.9 Å². The van der Waals surface area contributed by atoms with Crippen molar-refractivity contribution < 1.29 is 0 Å². The Labute approximate surface area is 96.7 Å². The standard InChI is InChI=1S/C12H20N2S/c1-4-5-6-15-12-11(8-13)9(2)7-10(3)14-12/h7H,4-6,8,13H2,1-3H3. The molecule has 1 rings (SSSR count). The Hall–Kier alpha value is -0.540. The number of unbranched alkanes of at least 4 members (excludes halogenated alkanes) is 1. The molecule has 1 heterocycles. The number of hydrogen-bond acceptors (Lipinski definition) is 3. The van der Waals surface area contributed by atoms with E-state index in [0.29, 0.717) is 6.54 Å². The summed E-state index contributed by atoms with van der Waals surface area (Å²) in [5, 5.41) is 1.13. The highest BCUT2D eigenvalue weighted by atomic mass is 32.2. The molecule has 0 atom stereocenters. The van der Waals surface area contributed by atoms with Crippen molar-refractivity contribution >= 4 is 11.8 Å². The summed E-state index contributed by atoms with van der Waals surface area (Å²) in [6, 6.07) is 2.10. The van der Waals surface area contributed by atoms with Crippen LogP contribution < -0.4 is 5.73 Å². The number of aromatic nitrogens is 1. The maximum atomic E-state index is 5.75. The summed E-state index contributed by atoms with van der Waals surface area (Å²) in [6.45, 7) is 6.95. The monoisotopic (exact) mass is 224 g/mol. The minimum atomic E-state index is 0.591. The number of thioether (sulfide) groups is 1. The largest absolute Gasteiger partial charge is 0.326 e. The molecule has 0 radical (unpaired) electrons. The molecule has 84 valence electrons. The maximum absolute atomic E-state index is 5.75. The zero-order valence-electron chi connectivity index (χ0n) is 9.84. The molecule has 0 aromatic carbocycles. The van der Waals surface area contributed by atoms with Gasteiger partial charge in [-0.25, -0.2) is 4.98 Å². The molecule has 2 nitrogen and oxygen atoms in total. The van der Waals surface area contributed by atoms with E-state index in [1.165, 1.54) is 24.0 Å². The second kappa shape index (κ2) is 6.13. The van der Waals surface area contributed by atoms with Gasteiger partial charge in [0.15, 0.2) is 0 Å². The van der Waals surface area contributed by atoms with Gasteiger partial charge in [0.1, 0.15) is 5.03 Å². The van der Waals surface area contributed by atoms with Crippen LogP contribution in [-0.2, 0) is 6.54 Å². The summed E-state index contributed by atoms with van der Waals surface area (Å²) in [5.74, 6) is 1.14. The molecule has 0 aliphatic carbocycles. The lowest BCUT2D eigenvalue weighted by molar-refractivity contribution is 0.885. The van der Waals surface area contributed by atoms with Crippen molar-refractivity contribution in [1.82, 2.24) is 4.98 Å². The molecule has 0 unspecified atom stereocenters. The first-order valence-electron chi connectivity index (χ1n) is 5.49. The van der Waals surface area contributed by atoms with E-state index < -0.39 is 0 Å². The van der Waals surface area contributed by atoms with Crippen LogP contribution in [0.4, 0.5) is 0 Å². The number of nitrogens with zero attached hydrogens (tertiary/aromatic N) is 1. The summed E-state index contributed by atoms with van der Waals surface area (Å²) in [7, 11) is 0. The van der Waals surface area contributed by atoms with E-state index in [9.17, 15) is 0 Å². The van der Waals surface area contributed by atoms with Crippen molar-refractivity contribution in [2.45, 2.75) is 45.2 Å². The fourth-order valence-electron chi connectivity index (χ4n) is 1.51. The Morgan fingerprint density at radius 1 is 1.40 bits per heavy atom. The average molecular weight is 224 g/mol. The van der Waals surface area contributed by atoms with Crippen LogP contribution in [-0.4, -0.2) is 10.7 Å². The first-order chi connectivity index (χ1) is 7.19. The number of nitrogens with two attached hydrogens (primary N) is 1. The Morgan fingerprint density at radius 2 is 2.13 bits per heavy atom. The van der Waals surface area contributed by atoms with E-state index in [-0.39, 0.29) is 0 Å². The van der Waals surface area contributed by atoms with Crippen LogP contribution in [0.25, 0.3) is 0 Å². The molecule has 1 aromatic rings. The molecule has 0 saturated carbocycles. The number of hydrogen-bond donors (Lipinski definition) is 1. The fraction of sp³-hybridized carbons (Fsp3) is 0.583. The van der Waals surface area contributed by atoms with E-state index >= 15 is 0 Å². The predicted octanol–water partition coefficient (Wildman–Crippen LogP) is 3.05. The number of rotatable bonds is 5. The average Bonchev–Trinajstić information content (AvgIpc) is 2.17. The van der Waals surface area contributed by atoms with Crippen molar-refractivity contribution in [3.63, 3.8) is 0 Å². The maximum Gasteiger partial charge on any atom is 0.101 e. The van der Waals surface area contributed by atoms with Crippen LogP contribution in [0.5, 0.6) is 0 Å². The molecule has 1 aromatic heterocycles. The second-order valence-electron chi connectivity index (χ2n) is 3.77. The van der Waals surface area contributed by atoms with Gasteiger partial charge in [-0.05, 0) is 37.7 Å². The number of pyridine rings is 1. The van der Waals surface area contributed by atoms with Gasteiger partial charge in [0.05, 0.1) is 0 Å². The Bertz CT molecular complexity index is 324. The molecule has 0 bridgehead atoms. The fourth-order valence-corrected chi connectivity index (χ4v) is 2.76. The van der Waals surface area contributed by atoms with E-state index in [1.807, 2.05) is 18.7 Å². The van der Waals surface area contributed by atoms with E-state index in [1.54, 1.807) is 0 Å². The highest BCUT2D eigenvalue weighted by Crippen LogP contribution is 2.24.